The first kappa shape index (κ1) is 67.9. The molecule has 0 aromatic carbocycles. The largest absolute Gasteiger partial charge is 0.481 e. The smallest absolute Gasteiger partial charge is 0.462 e. The zero-order valence-corrected chi connectivity index (χ0v) is 47.8. The SMILES string of the molecule is CCC(C)CCCCCCCCCCCCCCCCCCCCC(=O)OC[C@H](COP(=O)(O)OP(=O)(O)OC[C@H]1O[C@@H](n2ccc(N)nc2=O)C(O)[C@H]1O)OC(=O)CCCCCCCCCCCCC(C)CC. The standard InChI is InChI=1S/C54H101N3O15P2/c1-5-44(3)35-31-27-23-19-15-13-11-9-7-8-10-12-14-16-21-25-29-33-37-49(58)67-41-46(70-50(59)38-34-30-26-22-18-17-20-24-28-32-36-45(4)6-2)42-68-73(63,64)72-74(65,66)69-43-47-51(60)52(61)53(71-47)57-40-39-48(55)56-54(57)62/h39-40,44-47,51-53,60-61H,5-38,41-43H2,1-4H3,(H,63,64)(H,65,66)(H2,55,56,62)/t44?,45?,46-,47-,51+,52?,53-/m1/s1. The molecule has 0 spiro atoms. The van der Waals surface area contributed by atoms with E-state index in [1.54, 1.807) is 0 Å². The summed E-state index contributed by atoms with van der Waals surface area (Å²) in [4.78, 5) is 62.1. The van der Waals surface area contributed by atoms with E-state index < -0.39 is 83.7 Å². The van der Waals surface area contributed by atoms with E-state index in [-0.39, 0.29) is 18.7 Å². The molecular formula is C54H101N3O15P2. The monoisotopic (exact) mass is 1090 g/mol. The number of hydrogen-bond acceptors (Lipinski definition) is 15. The van der Waals surface area contributed by atoms with Gasteiger partial charge in [0.15, 0.2) is 12.3 Å². The maximum atomic E-state index is 12.9. The molecule has 6 N–H and O–H groups in total. The average Bonchev–Trinajstić information content (AvgIpc) is 3.64. The number of rotatable bonds is 48. The molecule has 0 bridgehead atoms. The first-order chi connectivity index (χ1) is 35.5. The highest BCUT2D eigenvalue weighted by Gasteiger charge is 2.46. The van der Waals surface area contributed by atoms with Crippen LogP contribution >= 0.6 is 15.6 Å². The number of esters is 2. The molecule has 1 saturated heterocycles. The minimum Gasteiger partial charge on any atom is -0.462 e. The Kier molecular flexibility index (Phi) is 37.5. The molecule has 5 unspecified atom stereocenters. The lowest BCUT2D eigenvalue weighted by molar-refractivity contribution is -0.161. The number of ether oxygens (including phenoxy) is 3. The van der Waals surface area contributed by atoms with Crippen molar-refractivity contribution in [3.8, 4) is 0 Å². The molecule has 0 amide bonds. The molecule has 432 valence electrons. The van der Waals surface area contributed by atoms with Crippen molar-refractivity contribution in [2.75, 3.05) is 25.6 Å². The molecule has 20 heteroatoms. The van der Waals surface area contributed by atoms with E-state index >= 15 is 0 Å². The summed E-state index contributed by atoms with van der Waals surface area (Å²) in [5.41, 5.74) is 4.60. The second-order valence-electron chi connectivity index (χ2n) is 21.0. The molecule has 1 aliphatic heterocycles. The van der Waals surface area contributed by atoms with Gasteiger partial charge in [-0.15, -0.1) is 0 Å². The van der Waals surface area contributed by atoms with Gasteiger partial charge in [-0.3, -0.25) is 23.2 Å². The summed E-state index contributed by atoms with van der Waals surface area (Å²) in [7, 11) is -10.8. The lowest BCUT2D eigenvalue weighted by Crippen LogP contribution is -2.36. The molecule has 2 rings (SSSR count). The Morgan fingerprint density at radius 2 is 1.04 bits per heavy atom. The lowest BCUT2D eigenvalue weighted by atomic mass is 9.99. The summed E-state index contributed by atoms with van der Waals surface area (Å²) in [5.74, 6) is 0.400. The summed E-state index contributed by atoms with van der Waals surface area (Å²) < 4.78 is 57.0. The van der Waals surface area contributed by atoms with Crippen molar-refractivity contribution >= 4 is 33.4 Å². The average molecular weight is 1090 g/mol. The van der Waals surface area contributed by atoms with Gasteiger partial charge in [0.25, 0.3) is 0 Å². The fourth-order valence-corrected chi connectivity index (χ4v) is 11.1. The number of hydrogen-bond donors (Lipinski definition) is 5. The number of carbonyl (C=O) groups is 2. The molecule has 2 heterocycles. The van der Waals surface area contributed by atoms with Crippen molar-refractivity contribution in [3.05, 3.63) is 22.7 Å². The van der Waals surface area contributed by atoms with E-state index in [1.165, 1.54) is 160 Å². The molecule has 0 aliphatic carbocycles. The van der Waals surface area contributed by atoms with Crippen molar-refractivity contribution in [2.24, 2.45) is 11.8 Å². The molecule has 0 saturated carbocycles. The summed E-state index contributed by atoms with van der Waals surface area (Å²) in [6.07, 6.45) is 31.7. The zero-order valence-electron chi connectivity index (χ0n) is 46.0. The Morgan fingerprint density at radius 3 is 1.47 bits per heavy atom. The van der Waals surface area contributed by atoms with Gasteiger partial charge in [-0.05, 0) is 30.7 Å². The van der Waals surface area contributed by atoms with Gasteiger partial charge in [0.05, 0.1) is 13.2 Å². The van der Waals surface area contributed by atoms with E-state index in [1.807, 2.05) is 0 Å². The highest BCUT2D eigenvalue weighted by molar-refractivity contribution is 7.61. The fourth-order valence-electron chi connectivity index (χ4n) is 9.03. The Labute approximate surface area is 444 Å². The summed E-state index contributed by atoms with van der Waals surface area (Å²) in [5, 5.41) is 20.9. The second kappa shape index (κ2) is 40.9. The van der Waals surface area contributed by atoms with E-state index in [0.717, 1.165) is 61.3 Å². The van der Waals surface area contributed by atoms with E-state index in [4.69, 9.17) is 29.0 Å². The van der Waals surface area contributed by atoms with Gasteiger partial charge >= 0.3 is 33.3 Å². The predicted molar refractivity (Wildman–Crippen MR) is 289 cm³/mol. The van der Waals surface area contributed by atoms with Crippen LogP contribution < -0.4 is 11.4 Å². The van der Waals surface area contributed by atoms with Crippen LogP contribution in [0.15, 0.2) is 17.1 Å². The van der Waals surface area contributed by atoms with E-state index in [0.29, 0.717) is 12.8 Å². The van der Waals surface area contributed by atoms with Crippen LogP contribution in [0.5, 0.6) is 0 Å². The van der Waals surface area contributed by atoms with Gasteiger partial charge in [0, 0.05) is 19.0 Å². The van der Waals surface area contributed by atoms with Gasteiger partial charge in [-0.25, -0.2) is 13.9 Å². The number of nitrogens with two attached hydrogens (primary N) is 1. The van der Waals surface area contributed by atoms with Crippen LogP contribution in [0.2, 0.25) is 0 Å². The third-order valence-corrected chi connectivity index (χ3v) is 16.9. The molecule has 0 radical (unpaired) electrons. The number of aliphatic hydroxyl groups excluding tert-OH is 2. The van der Waals surface area contributed by atoms with Gasteiger partial charge in [-0.1, -0.05) is 220 Å². The number of anilines is 1. The molecular weight excluding hydrogens is 993 g/mol. The number of phosphoric ester groups is 2. The van der Waals surface area contributed by atoms with Gasteiger partial charge in [0.1, 0.15) is 30.7 Å². The summed E-state index contributed by atoms with van der Waals surface area (Å²) in [6, 6.07) is 1.25. The summed E-state index contributed by atoms with van der Waals surface area (Å²) in [6.45, 7) is 6.91. The first-order valence-electron chi connectivity index (χ1n) is 28.8. The third-order valence-electron chi connectivity index (χ3n) is 14.3. The molecule has 1 aliphatic rings. The number of phosphoric acid groups is 2. The van der Waals surface area contributed by atoms with Crippen molar-refractivity contribution in [1.29, 1.82) is 0 Å². The first-order valence-corrected chi connectivity index (χ1v) is 31.8. The maximum absolute atomic E-state index is 12.9. The molecule has 1 fully saturated rings. The number of nitrogens with zero attached hydrogens (tertiary/aromatic N) is 2. The number of nitrogen functional groups attached to an aromatic ring is 1. The molecule has 1 aromatic heterocycles. The molecule has 1 aromatic rings. The van der Waals surface area contributed by atoms with Crippen LogP contribution in [0.25, 0.3) is 0 Å². The topological polar surface area (TPSA) is 265 Å². The highest BCUT2D eigenvalue weighted by Crippen LogP contribution is 2.60. The van der Waals surface area contributed by atoms with Gasteiger partial charge in [0.2, 0.25) is 0 Å². The number of carbonyl (C=O) groups excluding carboxylic acids is 2. The molecule has 9 atom stereocenters. The maximum Gasteiger partial charge on any atom is 0.481 e. The second-order valence-corrected chi connectivity index (χ2v) is 24.0. The highest BCUT2D eigenvalue weighted by atomic mass is 31.3. The van der Waals surface area contributed by atoms with Crippen LogP contribution in [0.3, 0.4) is 0 Å². The van der Waals surface area contributed by atoms with Crippen molar-refractivity contribution < 1.29 is 66.3 Å². The zero-order chi connectivity index (χ0) is 54.5. The van der Waals surface area contributed by atoms with E-state index in [9.17, 15) is 43.5 Å². The van der Waals surface area contributed by atoms with E-state index in [2.05, 4.69) is 37.0 Å². The Morgan fingerprint density at radius 1 is 0.635 bits per heavy atom. The molecule has 18 nitrogen and oxygen atoms in total. The fraction of sp³-hybridized carbons (Fsp3) is 0.889. The van der Waals surface area contributed by atoms with Crippen molar-refractivity contribution in [1.82, 2.24) is 9.55 Å². The Balaban J connectivity index is 1.72. The van der Waals surface area contributed by atoms with Crippen molar-refractivity contribution in [2.45, 2.75) is 277 Å². The number of aromatic nitrogens is 2. The predicted octanol–water partition coefficient (Wildman–Crippen LogP) is 12.7. The van der Waals surface area contributed by atoms with Gasteiger partial charge in [-0.2, -0.15) is 9.29 Å². The lowest BCUT2D eigenvalue weighted by Gasteiger charge is -2.21. The van der Waals surface area contributed by atoms with Crippen LogP contribution in [0.4, 0.5) is 5.82 Å². The Bertz CT molecular complexity index is 1770. The summed E-state index contributed by atoms with van der Waals surface area (Å²) >= 11 is 0. The normalized spacial score (nSPS) is 19.7. The number of unbranched alkanes of at least 4 members (excludes halogenated alkanes) is 26. The van der Waals surface area contributed by atoms with Crippen LogP contribution in [-0.4, -0.2) is 85.7 Å². The minimum absolute atomic E-state index is 0.0563. The Hall–Kier alpha value is -2.24. The quantitative estimate of drug-likeness (QED) is 0.0231. The minimum atomic E-state index is -5.42. The van der Waals surface area contributed by atoms with Gasteiger partial charge < -0.3 is 39.9 Å². The van der Waals surface area contributed by atoms with Crippen LogP contribution in [0, 0.1) is 11.8 Å². The molecule has 74 heavy (non-hydrogen) atoms. The van der Waals surface area contributed by atoms with Crippen LogP contribution in [0.1, 0.15) is 252 Å². The van der Waals surface area contributed by atoms with Crippen LogP contribution in [-0.2, 0) is 46.3 Å². The van der Waals surface area contributed by atoms with Crippen molar-refractivity contribution in [3.63, 3.8) is 0 Å². The third kappa shape index (κ3) is 33.1. The number of aliphatic hydroxyl groups is 2.